The number of amides is 1. The summed E-state index contributed by atoms with van der Waals surface area (Å²) in [5.74, 6) is -1.52. The first-order valence-electron chi connectivity index (χ1n) is 3.70. The quantitative estimate of drug-likeness (QED) is 0.633. The van der Waals surface area contributed by atoms with Crippen LogP contribution in [0.25, 0.3) is 0 Å². The van der Waals surface area contributed by atoms with Crippen molar-refractivity contribution in [3.8, 4) is 0 Å². The molecular weight excluding hydrogens is 252 g/mol. The van der Waals surface area contributed by atoms with Gasteiger partial charge in [-0.25, -0.2) is 0 Å². The zero-order valence-electron chi connectivity index (χ0n) is 7.51. The van der Waals surface area contributed by atoms with E-state index in [1.165, 1.54) is 0 Å². The zero-order valence-corrected chi connectivity index (χ0v) is 11.3. The Morgan fingerprint density at radius 2 is 1.86 bits per heavy atom. The number of primary amides is 1. The van der Waals surface area contributed by atoms with Crippen LogP contribution < -0.4 is 5.73 Å². The summed E-state index contributed by atoms with van der Waals surface area (Å²) in [5.41, 5.74) is 5.70. The molecule has 70 valence electrons. The number of carbonyl (C=O) groups excluding carboxylic acids is 1. The maximum absolute atomic E-state index is 10.9. The van der Waals surface area contributed by atoms with E-state index in [0.717, 1.165) is 0 Å². The molecule has 0 bridgehead atoms. The van der Waals surface area contributed by atoms with Crippen molar-refractivity contribution in [2.24, 2.45) is 5.73 Å². The summed E-state index contributed by atoms with van der Waals surface area (Å²) >= 11 is 4.53. The fourth-order valence-electron chi connectivity index (χ4n) is 1.07. The van der Waals surface area contributed by atoms with Gasteiger partial charge in [-0.05, 0) is 17.8 Å². The smallest absolute Gasteiger partial charge is 0.233 e. The molecule has 1 unspecified atom stereocenters. The number of aliphatic hydroxyl groups is 1. The molecule has 0 saturated heterocycles. The fraction of sp³-hybridized carbons (Fsp3) is 0.111. The molecule has 0 aliphatic rings. The first-order valence-corrected chi connectivity index (χ1v) is 4.11. The maximum Gasteiger partial charge on any atom is 0.233 e. The SMILES string of the molecule is NC(=O)C(C(O)=S)c1ccccc1.[Zn]. The van der Waals surface area contributed by atoms with Crippen molar-refractivity contribution in [1.29, 1.82) is 0 Å². The molecule has 1 amide bonds. The Morgan fingerprint density at radius 3 is 2.21 bits per heavy atom. The third-order valence-corrected chi connectivity index (χ3v) is 1.90. The molecular formula is C9H9NO2SZn. The number of carbonyl (C=O) groups is 1. The van der Waals surface area contributed by atoms with Gasteiger partial charge in [0, 0.05) is 19.5 Å². The second kappa shape index (κ2) is 5.83. The van der Waals surface area contributed by atoms with Crippen LogP contribution in [0.2, 0.25) is 0 Å². The van der Waals surface area contributed by atoms with Gasteiger partial charge in [0.05, 0.1) is 0 Å². The molecule has 1 rings (SSSR count). The number of aliphatic hydroxyl groups excluding tert-OH is 1. The van der Waals surface area contributed by atoms with Crippen LogP contribution in [-0.2, 0) is 24.3 Å². The van der Waals surface area contributed by atoms with Crippen LogP contribution in [0.5, 0.6) is 0 Å². The average Bonchev–Trinajstić information content (AvgIpc) is 2.04. The van der Waals surface area contributed by atoms with Crippen molar-refractivity contribution in [2.45, 2.75) is 5.92 Å². The molecule has 14 heavy (non-hydrogen) atoms. The summed E-state index contributed by atoms with van der Waals surface area (Å²) in [6, 6.07) is 8.70. The predicted octanol–water partition coefficient (Wildman–Crippen LogP) is 1.14. The van der Waals surface area contributed by atoms with Crippen LogP contribution in [0.15, 0.2) is 30.3 Å². The van der Waals surface area contributed by atoms with E-state index in [1.54, 1.807) is 24.3 Å². The molecule has 0 radical (unpaired) electrons. The van der Waals surface area contributed by atoms with Gasteiger partial charge in [-0.1, -0.05) is 30.3 Å². The van der Waals surface area contributed by atoms with Crippen LogP contribution in [-0.4, -0.2) is 16.1 Å². The zero-order chi connectivity index (χ0) is 9.84. The van der Waals surface area contributed by atoms with Gasteiger partial charge in [0.25, 0.3) is 0 Å². The summed E-state index contributed by atoms with van der Waals surface area (Å²) in [7, 11) is 0. The molecule has 1 atom stereocenters. The molecule has 0 fully saturated rings. The summed E-state index contributed by atoms with van der Waals surface area (Å²) < 4.78 is 0. The van der Waals surface area contributed by atoms with Crippen molar-refractivity contribution in [3.63, 3.8) is 0 Å². The molecule has 0 aliphatic heterocycles. The molecule has 0 spiro atoms. The van der Waals surface area contributed by atoms with E-state index < -0.39 is 16.9 Å². The van der Waals surface area contributed by atoms with Crippen molar-refractivity contribution in [3.05, 3.63) is 35.9 Å². The number of hydrogen-bond donors (Lipinski definition) is 2. The normalized spacial score (nSPS) is 11.1. The monoisotopic (exact) mass is 259 g/mol. The van der Waals surface area contributed by atoms with E-state index in [1.807, 2.05) is 6.07 Å². The summed E-state index contributed by atoms with van der Waals surface area (Å²) in [6.45, 7) is 0. The first kappa shape index (κ1) is 13.2. The van der Waals surface area contributed by atoms with E-state index in [-0.39, 0.29) is 19.5 Å². The van der Waals surface area contributed by atoms with E-state index in [0.29, 0.717) is 5.56 Å². The number of benzene rings is 1. The second-order valence-electron chi connectivity index (χ2n) is 2.58. The Balaban J connectivity index is 0.00000169. The second-order valence-corrected chi connectivity index (χ2v) is 3.00. The van der Waals surface area contributed by atoms with Crippen LogP contribution in [0, 0.1) is 0 Å². The first-order chi connectivity index (χ1) is 6.13. The predicted molar refractivity (Wildman–Crippen MR) is 53.6 cm³/mol. The van der Waals surface area contributed by atoms with Gasteiger partial charge < -0.3 is 10.8 Å². The third-order valence-electron chi connectivity index (χ3n) is 1.66. The maximum atomic E-state index is 10.9. The van der Waals surface area contributed by atoms with E-state index in [2.05, 4.69) is 12.2 Å². The molecule has 0 saturated carbocycles. The van der Waals surface area contributed by atoms with Gasteiger partial charge in [0.2, 0.25) is 5.91 Å². The molecule has 0 aromatic heterocycles. The standard InChI is InChI=1S/C9H9NO2S.Zn/c10-8(11)7(9(12)13)6-4-2-1-3-5-6;/h1-5,7H,(H2,10,11)(H,12,13);. The topological polar surface area (TPSA) is 63.3 Å². The molecule has 3 N–H and O–H groups in total. The van der Waals surface area contributed by atoms with E-state index in [4.69, 9.17) is 10.8 Å². The number of rotatable bonds is 3. The van der Waals surface area contributed by atoms with Crippen molar-refractivity contribution in [1.82, 2.24) is 0 Å². The fourth-order valence-corrected chi connectivity index (χ4v) is 1.33. The summed E-state index contributed by atoms with van der Waals surface area (Å²) in [6.07, 6.45) is 0. The number of nitrogens with two attached hydrogens (primary N) is 1. The van der Waals surface area contributed by atoms with Crippen molar-refractivity contribution < 1.29 is 29.4 Å². The number of hydrogen-bond acceptors (Lipinski definition) is 2. The summed E-state index contributed by atoms with van der Waals surface area (Å²) in [5, 5.41) is 8.68. The van der Waals surface area contributed by atoms with Gasteiger partial charge in [0.1, 0.15) is 5.92 Å². The Bertz CT molecular complexity index is 315. The van der Waals surface area contributed by atoms with Crippen molar-refractivity contribution >= 4 is 23.2 Å². The average molecular weight is 261 g/mol. The van der Waals surface area contributed by atoms with E-state index in [9.17, 15) is 4.79 Å². The van der Waals surface area contributed by atoms with Gasteiger partial charge in [-0.2, -0.15) is 0 Å². The summed E-state index contributed by atoms with van der Waals surface area (Å²) in [4.78, 5) is 10.9. The van der Waals surface area contributed by atoms with Gasteiger partial charge in [0.15, 0.2) is 5.05 Å². The Hall–Kier alpha value is -0.797. The minimum absolute atomic E-state index is 0. The molecule has 5 heteroatoms. The van der Waals surface area contributed by atoms with Crippen molar-refractivity contribution in [2.75, 3.05) is 0 Å². The van der Waals surface area contributed by atoms with Gasteiger partial charge >= 0.3 is 0 Å². The van der Waals surface area contributed by atoms with Gasteiger partial charge in [-0.3, -0.25) is 4.79 Å². The van der Waals surface area contributed by atoms with Gasteiger partial charge in [-0.15, -0.1) is 0 Å². The van der Waals surface area contributed by atoms with Crippen LogP contribution in [0.1, 0.15) is 11.5 Å². The Morgan fingerprint density at radius 1 is 1.36 bits per heavy atom. The number of thiocarbonyl (C=S) groups is 1. The minimum atomic E-state index is -0.879. The third kappa shape index (κ3) is 3.16. The molecule has 1 aromatic carbocycles. The minimum Gasteiger partial charge on any atom is -0.501 e. The molecule has 3 nitrogen and oxygen atoms in total. The largest absolute Gasteiger partial charge is 0.501 e. The van der Waals surface area contributed by atoms with Crippen LogP contribution in [0.3, 0.4) is 0 Å². The molecule has 0 heterocycles. The van der Waals surface area contributed by atoms with Crippen LogP contribution in [0.4, 0.5) is 0 Å². The van der Waals surface area contributed by atoms with E-state index >= 15 is 0 Å². The Kier molecular flexibility index (Phi) is 5.50. The Labute approximate surface area is 100 Å². The molecule has 1 aromatic rings. The molecule has 0 aliphatic carbocycles. The van der Waals surface area contributed by atoms with Crippen LogP contribution >= 0.6 is 12.2 Å².